The fourth-order valence-electron chi connectivity index (χ4n) is 3.12. The molecular weight excluding hydrogens is 230 g/mol. The van der Waals surface area contributed by atoms with Crippen LogP contribution < -0.4 is 5.32 Å². The van der Waals surface area contributed by atoms with Gasteiger partial charge in [0.2, 0.25) is 0 Å². The molecule has 1 saturated heterocycles. The van der Waals surface area contributed by atoms with Crippen molar-refractivity contribution in [2.24, 2.45) is 5.92 Å². The van der Waals surface area contributed by atoms with Crippen LogP contribution in [0, 0.1) is 5.92 Å². The van der Waals surface area contributed by atoms with Gasteiger partial charge in [-0.25, -0.2) is 4.79 Å². The van der Waals surface area contributed by atoms with Crippen LogP contribution in [0.5, 0.6) is 0 Å². The minimum absolute atomic E-state index is 0.0848. The molecular formula is C14H25NO3. The Morgan fingerprint density at radius 3 is 2.72 bits per heavy atom. The monoisotopic (exact) mass is 255 g/mol. The highest BCUT2D eigenvalue weighted by Crippen LogP contribution is 2.24. The van der Waals surface area contributed by atoms with Crippen LogP contribution in [0.25, 0.3) is 0 Å². The van der Waals surface area contributed by atoms with Crippen LogP contribution >= 0.6 is 0 Å². The lowest BCUT2D eigenvalue weighted by atomic mass is 9.97. The summed E-state index contributed by atoms with van der Waals surface area (Å²) in [6.45, 7) is 3.12. The number of hydrogen-bond donors (Lipinski definition) is 2. The maximum Gasteiger partial charge on any atom is 0.332 e. The van der Waals surface area contributed by atoms with Gasteiger partial charge in [0, 0.05) is 12.6 Å². The third kappa shape index (κ3) is 3.69. The van der Waals surface area contributed by atoms with E-state index in [2.05, 4.69) is 12.2 Å². The van der Waals surface area contributed by atoms with Crippen molar-refractivity contribution < 1.29 is 14.6 Å². The molecule has 0 aromatic heterocycles. The topological polar surface area (TPSA) is 58.6 Å². The number of hydrogen-bond acceptors (Lipinski definition) is 3. The normalized spacial score (nSPS) is 37.4. The number of rotatable bonds is 4. The molecule has 1 heterocycles. The molecule has 0 amide bonds. The van der Waals surface area contributed by atoms with Gasteiger partial charge in [-0.15, -0.1) is 0 Å². The van der Waals surface area contributed by atoms with Gasteiger partial charge in [-0.2, -0.15) is 0 Å². The number of carboxylic acid groups (broad SMARTS) is 1. The van der Waals surface area contributed by atoms with Crippen LogP contribution in [0.15, 0.2) is 0 Å². The third-order valence-corrected chi connectivity index (χ3v) is 4.35. The molecule has 1 aliphatic heterocycles. The SMILES string of the molecule is CC1CCCCCC1NCC1CCC(C(=O)O)O1. The van der Waals surface area contributed by atoms with Gasteiger partial charge < -0.3 is 15.2 Å². The number of carbonyl (C=O) groups is 1. The molecule has 4 heteroatoms. The van der Waals surface area contributed by atoms with Crippen molar-refractivity contribution in [2.45, 2.75) is 70.1 Å². The molecule has 2 fully saturated rings. The highest BCUT2D eigenvalue weighted by molar-refractivity contribution is 5.72. The molecule has 0 aromatic carbocycles. The minimum Gasteiger partial charge on any atom is -0.479 e. The lowest BCUT2D eigenvalue weighted by Crippen LogP contribution is -2.39. The van der Waals surface area contributed by atoms with E-state index in [0.717, 1.165) is 18.9 Å². The predicted octanol–water partition coefficient (Wildman–Crippen LogP) is 2.18. The molecule has 2 rings (SSSR count). The van der Waals surface area contributed by atoms with Crippen molar-refractivity contribution in [3.8, 4) is 0 Å². The van der Waals surface area contributed by atoms with E-state index in [9.17, 15) is 4.79 Å². The first-order valence-electron chi connectivity index (χ1n) is 7.28. The summed E-state index contributed by atoms with van der Waals surface area (Å²) in [4.78, 5) is 10.8. The molecule has 0 spiro atoms. The lowest BCUT2D eigenvalue weighted by Gasteiger charge is -2.24. The summed E-state index contributed by atoms with van der Waals surface area (Å²) < 4.78 is 5.52. The first kappa shape index (κ1) is 13.8. The molecule has 4 atom stereocenters. The van der Waals surface area contributed by atoms with Crippen molar-refractivity contribution in [1.29, 1.82) is 0 Å². The fourth-order valence-corrected chi connectivity index (χ4v) is 3.12. The zero-order valence-electron chi connectivity index (χ0n) is 11.2. The second-order valence-electron chi connectivity index (χ2n) is 5.79. The summed E-state index contributed by atoms with van der Waals surface area (Å²) in [5.74, 6) is -0.0930. The summed E-state index contributed by atoms with van der Waals surface area (Å²) in [7, 11) is 0. The molecule has 4 nitrogen and oxygen atoms in total. The maximum absolute atomic E-state index is 10.8. The summed E-state index contributed by atoms with van der Waals surface area (Å²) in [5.41, 5.74) is 0. The van der Waals surface area contributed by atoms with Crippen LogP contribution in [0.3, 0.4) is 0 Å². The second-order valence-corrected chi connectivity index (χ2v) is 5.79. The Bertz CT molecular complexity index is 282. The molecule has 0 radical (unpaired) electrons. The zero-order chi connectivity index (χ0) is 13.0. The molecule has 2 aliphatic rings. The van der Waals surface area contributed by atoms with E-state index in [4.69, 9.17) is 9.84 Å². The zero-order valence-corrected chi connectivity index (χ0v) is 11.2. The summed E-state index contributed by atoms with van der Waals surface area (Å²) in [6, 6.07) is 0.583. The van der Waals surface area contributed by atoms with Gasteiger partial charge in [0.1, 0.15) is 0 Å². The number of ether oxygens (including phenoxy) is 1. The van der Waals surface area contributed by atoms with Crippen molar-refractivity contribution in [3.63, 3.8) is 0 Å². The minimum atomic E-state index is -0.819. The Labute approximate surface area is 109 Å². The van der Waals surface area contributed by atoms with E-state index < -0.39 is 12.1 Å². The number of carboxylic acids is 1. The Kier molecular flexibility index (Phi) is 5.01. The molecule has 0 aromatic rings. The van der Waals surface area contributed by atoms with Gasteiger partial charge in [-0.05, 0) is 31.6 Å². The van der Waals surface area contributed by atoms with Crippen LogP contribution in [0.2, 0.25) is 0 Å². The molecule has 0 bridgehead atoms. The molecule has 1 aliphatic carbocycles. The van der Waals surface area contributed by atoms with Crippen molar-refractivity contribution in [2.75, 3.05) is 6.54 Å². The van der Waals surface area contributed by atoms with E-state index in [0.29, 0.717) is 12.5 Å². The Balaban J connectivity index is 1.72. The van der Waals surface area contributed by atoms with Crippen LogP contribution in [-0.2, 0) is 9.53 Å². The van der Waals surface area contributed by atoms with E-state index >= 15 is 0 Å². The van der Waals surface area contributed by atoms with Gasteiger partial charge in [0.05, 0.1) is 6.10 Å². The highest BCUT2D eigenvalue weighted by Gasteiger charge is 2.31. The molecule has 4 unspecified atom stereocenters. The maximum atomic E-state index is 10.8. The Morgan fingerprint density at radius 2 is 2.00 bits per heavy atom. The van der Waals surface area contributed by atoms with E-state index in [-0.39, 0.29) is 6.10 Å². The molecule has 18 heavy (non-hydrogen) atoms. The van der Waals surface area contributed by atoms with Crippen molar-refractivity contribution >= 4 is 5.97 Å². The highest BCUT2D eigenvalue weighted by atomic mass is 16.5. The van der Waals surface area contributed by atoms with Crippen LogP contribution in [-0.4, -0.2) is 35.9 Å². The number of aliphatic carboxylic acids is 1. The van der Waals surface area contributed by atoms with E-state index in [1.807, 2.05) is 0 Å². The van der Waals surface area contributed by atoms with Crippen molar-refractivity contribution in [1.82, 2.24) is 5.32 Å². The largest absolute Gasteiger partial charge is 0.479 e. The van der Waals surface area contributed by atoms with Gasteiger partial charge in [0.25, 0.3) is 0 Å². The number of nitrogens with one attached hydrogen (secondary N) is 1. The third-order valence-electron chi connectivity index (χ3n) is 4.35. The average molecular weight is 255 g/mol. The smallest absolute Gasteiger partial charge is 0.332 e. The van der Waals surface area contributed by atoms with E-state index in [1.54, 1.807) is 0 Å². The summed E-state index contributed by atoms with van der Waals surface area (Å²) in [5, 5.41) is 12.5. The van der Waals surface area contributed by atoms with Gasteiger partial charge in [-0.1, -0.05) is 26.2 Å². The standard InChI is InChI=1S/C14H25NO3/c1-10-5-3-2-4-6-12(10)15-9-11-7-8-13(18-11)14(16)17/h10-13,15H,2-9H2,1H3,(H,16,17). The van der Waals surface area contributed by atoms with Crippen LogP contribution in [0.4, 0.5) is 0 Å². The Hall–Kier alpha value is -0.610. The van der Waals surface area contributed by atoms with Gasteiger partial charge in [0.15, 0.2) is 6.10 Å². The Morgan fingerprint density at radius 1 is 1.22 bits per heavy atom. The fraction of sp³-hybridized carbons (Fsp3) is 0.929. The first-order valence-corrected chi connectivity index (χ1v) is 7.28. The van der Waals surface area contributed by atoms with Gasteiger partial charge in [-0.3, -0.25) is 0 Å². The van der Waals surface area contributed by atoms with E-state index in [1.165, 1.54) is 32.1 Å². The summed E-state index contributed by atoms with van der Waals surface area (Å²) in [6.07, 6.45) is 7.59. The second kappa shape index (κ2) is 6.53. The summed E-state index contributed by atoms with van der Waals surface area (Å²) >= 11 is 0. The quantitative estimate of drug-likeness (QED) is 0.756. The molecule has 1 saturated carbocycles. The first-order chi connectivity index (χ1) is 8.66. The lowest BCUT2D eigenvalue weighted by molar-refractivity contribution is -0.149. The molecule has 104 valence electrons. The predicted molar refractivity (Wildman–Crippen MR) is 69.6 cm³/mol. The average Bonchev–Trinajstić information content (AvgIpc) is 2.72. The molecule has 2 N–H and O–H groups in total. The van der Waals surface area contributed by atoms with Crippen LogP contribution in [0.1, 0.15) is 51.9 Å². The van der Waals surface area contributed by atoms with Gasteiger partial charge >= 0.3 is 5.97 Å². The van der Waals surface area contributed by atoms with Crippen molar-refractivity contribution in [3.05, 3.63) is 0 Å².